The van der Waals surface area contributed by atoms with Crippen LogP contribution in [0.15, 0.2) is 48.5 Å². The second-order valence-corrected chi connectivity index (χ2v) is 8.20. The number of nitrogens with one attached hydrogen (secondary N) is 4. The van der Waals surface area contributed by atoms with Crippen molar-refractivity contribution in [1.82, 2.24) is 21.3 Å². The zero-order valence-corrected chi connectivity index (χ0v) is 20.0. The van der Waals surface area contributed by atoms with E-state index >= 15 is 0 Å². The number of halogens is 1. The minimum absolute atomic E-state index is 0.0413. The number of carbonyl (C=O) groups excluding carboxylic acids is 4. The van der Waals surface area contributed by atoms with Gasteiger partial charge in [-0.2, -0.15) is 0 Å². The number of benzene rings is 2. The first-order chi connectivity index (χ1) is 17.4. The summed E-state index contributed by atoms with van der Waals surface area (Å²) < 4.78 is 11.2. The maximum Gasteiger partial charge on any atom is 0.255 e. The summed E-state index contributed by atoms with van der Waals surface area (Å²) in [5.74, 6) is -1.75. The van der Waals surface area contributed by atoms with Crippen molar-refractivity contribution >= 4 is 35.2 Å². The van der Waals surface area contributed by atoms with Crippen LogP contribution >= 0.6 is 11.6 Å². The molecule has 2 aromatic carbocycles. The number of aliphatic hydroxyl groups is 1. The van der Waals surface area contributed by atoms with Crippen LogP contribution < -0.4 is 30.7 Å². The predicted octanol–water partition coefficient (Wildman–Crippen LogP) is 0.00940. The van der Waals surface area contributed by atoms with Crippen LogP contribution in [-0.2, 0) is 14.4 Å². The molecule has 0 saturated heterocycles. The van der Waals surface area contributed by atoms with Gasteiger partial charge in [0.2, 0.25) is 17.7 Å². The lowest BCUT2D eigenvalue weighted by molar-refractivity contribution is -0.131. The molecule has 36 heavy (non-hydrogen) atoms. The molecule has 2 aromatic rings. The van der Waals surface area contributed by atoms with E-state index in [1.807, 2.05) is 0 Å². The van der Waals surface area contributed by atoms with Gasteiger partial charge in [0.1, 0.15) is 36.8 Å². The minimum Gasteiger partial charge on any atom is -0.492 e. The van der Waals surface area contributed by atoms with Gasteiger partial charge in [0, 0.05) is 5.02 Å². The van der Waals surface area contributed by atoms with Gasteiger partial charge in [-0.25, -0.2) is 0 Å². The maximum atomic E-state index is 13.0. The highest BCUT2D eigenvalue weighted by atomic mass is 35.5. The van der Waals surface area contributed by atoms with E-state index in [9.17, 15) is 24.3 Å². The van der Waals surface area contributed by atoms with E-state index < -0.39 is 48.7 Å². The molecule has 1 aliphatic heterocycles. The number of hydrogen-bond donors (Lipinski definition) is 5. The van der Waals surface area contributed by atoms with Gasteiger partial charge in [-0.15, -0.1) is 0 Å². The van der Waals surface area contributed by atoms with Gasteiger partial charge in [0.05, 0.1) is 31.7 Å². The smallest absolute Gasteiger partial charge is 0.255 e. The molecule has 0 unspecified atom stereocenters. The van der Waals surface area contributed by atoms with Crippen LogP contribution in [-0.4, -0.2) is 73.7 Å². The summed E-state index contributed by atoms with van der Waals surface area (Å²) in [6, 6.07) is 10.6. The molecule has 192 valence electrons. The Balaban J connectivity index is 1.71. The van der Waals surface area contributed by atoms with Crippen LogP contribution in [0.25, 0.3) is 0 Å². The van der Waals surface area contributed by atoms with Gasteiger partial charge in [0.25, 0.3) is 5.91 Å². The minimum atomic E-state index is -1.27. The van der Waals surface area contributed by atoms with Crippen molar-refractivity contribution in [3.8, 4) is 11.5 Å². The summed E-state index contributed by atoms with van der Waals surface area (Å²) in [5, 5.41) is 20.2. The highest BCUT2D eigenvalue weighted by Crippen LogP contribution is 2.18. The van der Waals surface area contributed by atoms with E-state index in [0.717, 1.165) is 0 Å². The third-order valence-corrected chi connectivity index (χ3v) is 5.37. The van der Waals surface area contributed by atoms with Gasteiger partial charge < -0.3 is 35.8 Å². The summed E-state index contributed by atoms with van der Waals surface area (Å²) in [6.45, 7) is -0.295. The second-order valence-electron chi connectivity index (χ2n) is 7.76. The number of fused-ring (bicyclic) bond motifs is 1. The molecular weight excluding hydrogens is 492 g/mol. The van der Waals surface area contributed by atoms with Crippen molar-refractivity contribution in [3.63, 3.8) is 0 Å². The van der Waals surface area contributed by atoms with Gasteiger partial charge in [-0.1, -0.05) is 23.7 Å². The number of carbonyl (C=O) groups is 4. The standard InChI is InChI=1S/C24H27ClN4O7/c25-15-5-7-16(8-6-15)35-11-9-26-23(33)18-13-21(31)28-19(14-30)24(34)27-10-12-36-20-4-2-1-3-17(20)22(32)29-18/h1-8,18-19,30H,9-14H2,(H,26,33)(H,27,34)(H,28,31)(H,29,32)/t18-,19-/m0/s1. The van der Waals surface area contributed by atoms with Gasteiger partial charge >= 0.3 is 0 Å². The Kier molecular flexibility index (Phi) is 9.90. The lowest BCUT2D eigenvalue weighted by Crippen LogP contribution is -2.53. The Bertz CT molecular complexity index is 1080. The Morgan fingerprint density at radius 2 is 1.86 bits per heavy atom. The number of amides is 4. The Morgan fingerprint density at radius 3 is 2.61 bits per heavy atom. The average Bonchev–Trinajstić information content (AvgIpc) is 2.87. The summed E-state index contributed by atoms with van der Waals surface area (Å²) >= 11 is 5.84. The molecule has 5 N–H and O–H groups in total. The molecule has 3 rings (SSSR count). The van der Waals surface area contributed by atoms with Crippen LogP contribution in [0.5, 0.6) is 11.5 Å². The van der Waals surface area contributed by atoms with E-state index in [4.69, 9.17) is 21.1 Å². The molecule has 11 nitrogen and oxygen atoms in total. The van der Waals surface area contributed by atoms with E-state index in [2.05, 4.69) is 21.3 Å². The summed E-state index contributed by atoms with van der Waals surface area (Å²) in [5.41, 5.74) is 0.165. The summed E-state index contributed by atoms with van der Waals surface area (Å²) in [4.78, 5) is 50.7. The third-order valence-electron chi connectivity index (χ3n) is 5.12. The normalized spacial score (nSPS) is 18.9. The molecule has 0 saturated carbocycles. The number of para-hydroxylation sites is 1. The number of aliphatic hydroxyl groups excluding tert-OH is 1. The summed E-state index contributed by atoms with van der Waals surface area (Å²) in [6.07, 6.45) is -0.470. The van der Waals surface area contributed by atoms with E-state index in [0.29, 0.717) is 10.8 Å². The lowest BCUT2D eigenvalue weighted by atomic mass is 10.1. The molecule has 0 fully saturated rings. The van der Waals surface area contributed by atoms with Crippen molar-refractivity contribution in [2.45, 2.75) is 18.5 Å². The molecule has 0 spiro atoms. The molecule has 0 aliphatic carbocycles. The quantitative estimate of drug-likeness (QED) is 0.337. The Labute approximate surface area is 212 Å². The van der Waals surface area contributed by atoms with Crippen molar-refractivity contribution < 1.29 is 33.8 Å². The topological polar surface area (TPSA) is 155 Å². The molecule has 0 bridgehead atoms. The molecule has 1 heterocycles. The van der Waals surface area contributed by atoms with Crippen molar-refractivity contribution in [1.29, 1.82) is 0 Å². The van der Waals surface area contributed by atoms with Gasteiger partial charge in [-0.3, -0.25) is 19.2 Å². The van der Waals surface area contributed by atoms with E-state index in [1.165, 1.54) is 6.07 Å². The molecule has 4 amide bonds. The Hall–Kier alpha value is -3.83. The fourth-order valence-electron chi connectivity index (χ4n) is 3.31. The van der Waals surface area contributed by atoms with Gasteiger partial charge in [-0.05, 0) is 36.4 Å². The van der Waals surface area contributed by atoms with E-state index in [-0.39, 0.29) is 37.6 Å². The van der Waals surface area contributed by atoms with Crippen LogP contribution in [0.2, 0.25) is 5.02 Å². The molecular formula is C24H27ClN4O7. The first-order valence-corrected chi connectivity index (χ1v) is 11.6. The number of hydrogen-bond acceptors (Lipinski definition) is 7. The number of ether oxygens (including phenoxy) is 2. The molecule has 1 aliphatic rings. The second kappa shape index (κ2) is 13.3. The largest absolute Gasteiger partial charge is 0.492 e. The van der Waals surface area contributed by atoms with Crippen molar-refractivity contribution in [2.75, 3.05) is 32.9 Å². The Morgan fingerprint density at radius 1 is 1.11 bits per heavy atom. The lowest BCUT2D eigenvalue weighted by Gasteiger charge is -2.22. The maximum absolute atomic E-state index is 13.0. The van der Waals surface area contributed by atoms with Crippen molar-refractivity contribution in [2.24, 2.45) is 0 Å². The highest BCUT2D eigenvalue weighted by molar-refractivity contribution is 6.30. The highest BCUT2D eigenvalue weighted by Gasteiger charge is 2.28. The first-order valence-electron chi connectivity index (χ1n) is 11.2. The fraction of sp³-hybridized carbons (Fsp3) is 0.333. The van der Waals surface area contributed by atoms with Crippen LogP contribution in [0.1, 0.15) is 16.8 Å². The zero-order chi connectivity index (χ0) is 25.9. The molecule has 0 radical (unpaired) electrons. The number of rotatable bonds is 6. The molecule has 0 aromatic heterocycles. The van der Waals surface area contributed by atoms with E-state index in [1.54, 1.807) is 42.5 Å². The SMILES string of the molecule is O=C1C[C@@H](C(=O)NCCOc2ccc(Cl)cc2)NC(=O)c2ccccc2OCCNC(=O)[C@H](CO)N1. The predicted molar refractivity (Wildman–Crippen MR) is 130 cm³/mol. The van der Waals surface area contributed by atoms with Crippen LogP contribution in [0.4, 0.5) is 0 Å². The van der Waals surface area contributed by atoms with Crippen molar-refractivity contribution in [3.05, 3.63) is 59.1 Å². The first kappa shape index (κ1) is 26.8. The third kappa shape index (κ3) is 7.85. The van der Waals surface area contributed by atoms with Crippen LogP contribution in [0, 0.1) is 0 Å². The summed E-state index contributed by atoms with van der Waals surface area (Å²) in [7, 11) is 0. The fourth-order valence-corrected chi connectivity index (χ4v) is 3.44. The molecule has 12 heteroatoms. The average molecular weight is 519 g/mol. The van der Waals surface area contributed by atoms with Gasteiger partial charge in [0.15, 0.2) is 0 Å². The monoisotopic (exact) mass is 518 g/mol. The zero-order valence-electron chi connectivity index (χ0n) is 19.3. The molecule has 2 atom stereocenters. The van der Waals surface area contributed by atoms with Crippen LogP contribution in [0.3, 0.4) is 0 Å².